The Hall–Kier alpha value is -3.39. The number of halogens is 1. The Labute approximate surface area is 248 Å². The van der Waals surface area contributed by atoms with E-state index in [1.807, 2.05) is 30.0 Å². The zero-order chi connectivity index (χ0) is 28.1. The van der Waals surface area contributed by atoms with Crippen molar-refractivity contribution in [1.82, 2.24) is 19.9 Å². The minimum absolute atomic E-state index is 0.159. The molecule has 2 unspecified atom stereocenters. The number of rotatable bonds is 5. The molecule has 41 heavy (non-hydrogen) atoms. The summed E-state index contributed by atoms with van der Waals surface area (Å²) < 4.78 is 2.19. The highest BCUT2D eigenvalue weighted by molar-refractivity contribution is 8.00. The smallest absolute Gasteiger partial charge is 0.335 e. The third-order valence-electron chi connectivity index (χ3n) is 8.54. The predicted molar refractivity (Wildman–Crippen MR) is 167 cm³/mol. The molecule has 0 bridgehead atoms. The lowest BCUT2D eigenvalue weighted by Gasteiger charge is -2.26. The van der Waals surface area contributed by atoms with Crippen LogP contribution in [-0.4, -0.2) is 32.2 Å². The SMILES string of the molecule is CC1(c2ccc3cc(-c4nc5cc(C(=O)O)ccc5n4C4CCCCC4)ccc3n2)CNC(c2ccc(Cl)cc2)S1. The average Bonchev–Trinajstić information content (AvgIpc) is 3.59. The Balaban J connectivity index is 1.24. The largest absolute Gasteiger partial charge is 0.478 e. The maximum Gasteiger partial charge on any atom is 0.335 e. The van der Waals surface area contributed by atoms with E-state index in [0.29, 0.717) is 6.04 Å². The number of aromatic carboxylic acids is 1. The van der Waals surface area contributed by atoms with Crippen LogP contribution in [0.1, 0.15) is 72.1 Å². The molecule has 6 nitrogen and oxygen atoms in total. The number of thioether (sulfide) groups is 1. The highest BCUT2D eigenvalue weighted by Crippen LogP contribution is 2.48. The Morgan fingerprint density at radius 3 is 2.56 bits per heavy atom. The lowest BCUT2D eigenvalue weighted by atomic mass is 9.94. The van der Waals surface area contributed by atoms with Gasteiger partial charge in [0.05, 0.1) is 37.9 Å². The lowest BCUT2D eigenvalue weighted by Crippen LogP contribution is -2.24. The molecule has 0 radical (unpaired) electrons. The first-order valence-electron chi connectivity index (χ1n) is 14.2. The number of carbonyl (C=O) groups is 1. The van der Waals surface area contributed by atoms with E-state index in [1.165, 1.54) is 24.8 Å². The zero-order valence-corrected chi connectivity index (χ0v) is 24.4. The maximum atomic E-state index is 11.7. The van der Waals surface area contributed by atoms with Crippen molar-refractivity contribution < 1.29 is 9.90 Å². The second-order valence-electron chi connectivity index (χ2n) is 11.4. The summed E-state index contributed by atoms with van der Waals surface area (Å²) in [6, 6.07) is 24.4. The van der Waals surface area contributed by atoms with Gasteiger partial charge in [0.2, 0.25) is 0 Å². The molecule has 1 aliphatic carbocycles. The Kier molecular flexibility index (Phi) is 6.76. The summed E-state index contributed by atoms with van der Waals surface area (Å²) in [5.74, 6) is -0.0363. The summed E-state index contributed by atoms with van der Waals surface area (Å²) in [5.41, 5.74) is 6.24. The van der Waals surface area contributed by atoms with E-state index < -0.39 is 5.97 Å². The second kappa shape index (κ2) is 10.5. The van der Waals surface area contributed by atoms with E-state index in [9.17, 15) is 9.90 Å². The molecule has 2 N–H and O–H groups in total. The summed E-state index contributed by atoms with van der Waals surface area (Å²) >= 11 is 7.98. The lowest BCUT2D eigenvalue weighted by molar-refractivity contribution is 0.0697. The monoisotopic (exact) mass is 582 g/mol. The Morgan fingerprint density at radius 1 is 0.976 bits per heavy atom. The third kappa shape index (κ3) is 4.90. The molecule has 7 rings (SSSR count). The molecule has 208 valence electrons. The number of hydrogen-bond donors (Lipinski definition) is 2. The van der Waals surface area contributed by atoms with Gasteiger partial charge in [0.25, 0.3) is 0 Å². The molecular weight excluding hydrogens is 552 g/mol. The molecule has 8 heteroatoms. The summed E-state index contributed by atoms with van der Waals surface area (Å²) in [7, 11) is 0. The number of carboxylic acid groups (broad SMARTS) is 1. The molecule has 3 aromatic carbocycles. The molecule has 2 aromatic heterocycles. The molecular formula is C33H31ClN4O2S. The quantitative estimate of drug-likeness (QED) is 0.217. The second-order valence-corrected chi connectivity index (χ2v) is 13.4. The van der Waals surface area contributed by atoms with Crippen LogP contribution < -0.4 is 5.32 Å². The molecule has 5 aromatic rings. The molecule has 2 atom stereocenters. The average molecular weight is 583 g/mol. The third-order valence-corrected chi connectivity index (χ3v) is 10.3. The van der Waals surface area contributed by atoms with Crippen molar-refractivity contribution in [3.63, 3.8) is 0 Å². The highest BCUT2D eigenvalue weighted by Gasteiger charge is 2.39. The normalized spacial score (nSPS) is 21.6. The van der Waals surface area contributed by atoms with Crippen molar-refractivity contribution >= 4 is 51.3 Å². The van der Waals surface area contributed by atoms with E-state index in [2.05, 4.69) is 59.3 Å². The first-order valence-corrected chi connectivity index (χ1v) is 15.5. The number of imidazole rings is 1. The Morgan fingerprint density at radius 2 is 1.78 bits per heavy atom. The summed E-state index contributed by atoms with van der Waals surface area (Å²) in [6.45, 7) is 3.08. The van der Waals surface area contributed by atoms with Crippen LogP contribution in [0, 0.1) is 0 Å². The van der Waals surface area contributed by atoms with Gasteiger partial charge < -0.3 is 9.67 Å². The molecule has 2 fully saturated rings. The van der Waals surface area contributed by atoms with Gasteiger partial charge in [0.1, 0.15) is 5.82 Å². The summed E-state index contributed by atoms with van der Waals surface area (Å²) in [5, 5.41) is 15.2. The van der Waals surface area contributed by atoms with E-state index in [4.69, 9.17) is 21.6 Å². The predicted octanol–water partition coefficient (Wildman–Crippen LogP) is 8.36. The standard InChI is InChI=1S/C33H31ClN4O2S/c1-33(19-35-31(41-33)20-7-12-24(34)13-8-20)29-16-11-21-17-22(9-14-26(21)36-29)30-37-27-18-23(32(39)40)10-15-28(27)38(30)25-5-3-2-4-6-25/h7-18,25,31,35H,2-6,19H2,1H3,(H,39,40). The molecule has 0 amide bonds. The van der Waals surface area contributed by atoms with Gasteiger partial charge in [0, 0.05) is 28.6 Å². The van der Waals surface area contributed by atoms with E-state index in [0.717, 1.165) is 63.4 Å². The molecule has 1 saturated carbocycles. The van der Waals surface area contributed by atoms with Gasteiger partial charge in [-0.2, -0.15) is 0 Å². The van der Waals surface area contributed by atoms with Crippen LogP contribution in [0.3, 0.4) is 0 Å². The minimum atomic E-state index is -0.933. The molecule has 1 saturated heterocycles. The number of pyridine rings is 1. The fourth-order valence-corrected chi connectivity index (χ4v) is 7.82. The minimum Gasteiger partial charge on any atom is -0.478 e. The van der Waals surface area contributed by atoms with Crippen LogP contribution in [-0.2, 0) is 4.75 Å². The summed E-state index contributed by atoms with van der Waals surface area (Å²) in [4.78, 5) is 21.8. The number of benzene rings is 3. The van der Waals surface area contributed by atoms with E-state index in [-0.39, 0.29) is 15.7 Å². The number of nitrogens with one attached hydrogen (secondary N) is 1. The number of carboxylic acids is 1. The maximum absolute atomic E-state index is 11.7. The molecule has 0 spiro atoms. The fraction of sp³-hybridized carbons (Fsp3) is 0.303. The van der Waals surface area contributed by atoms with E-state index in [1.54, 1.807) is 12.1 Å². The van der Waals surface area contributed by atoms with Gasteiger partial charge in [-0.1, -0.05) is 49.1 Å². The fourth-order valence-electron chi connectivity index (χ4n) is 6.31. The van der Waals surface area contributed by atoms with Gasteiger partial charge in [0.15, 0.2) is 0 Å². The summed E-state index contributed by atoms with van der Waals surface area (Å²) in [6.07, 6.45) is 5.88. The van der Waals surface area contributed by atoms with Gasteiger partial charge in [-0.25, -0.2) is 9.78 Å². The molecule has 1 aliphatic heterocycles. The van der Waals surface area contributed by atoms with Crippen molar-refractivity contribution in [2.24, 2.45) is 0 Å². The van der Waals surface area contributed by atoms with Crippen LogP contribution in [0.4, 0.5) is 0 Å². The van der Waals surface area contributed by atoms with Crippen LogP contribution >= 0.6 is 23.4 Å². The molecule has 2 aliphatic rings. The highest BCUT2D eigenvalue weighted by atomic mass is 35.5. The number of fused-ring (bicyclic) bond motifs is 2. The van der Waals surface area contributed by atoms with Crippen molar-refractivity contribution in [3.05, 3.63) is 94.6 Å². The van der Waals surface area contributed by atoms with Crippen molar-refractivity contribution in [3.8, 4) is 11.4 Å². The van der Waals surface area contributed by atoms with Crippen LogP contribution in [0.15, 0.2) is 72.8 Å². The van der Waals surface area contributed by atoms with Crippen molar-refractivity contribution in [2.45, 2.75) is 55.2 Å². The first-order chi connectivity index (χ1) is 19.9. The van der Waals surface area contributed by atoms with Gasteiger partial charge in [-0.15, -0.1) is 11.8 Å². The zero-order valence-electron chi connectivity index (χ0n) is 22.8. The van der Waals surface area contributed by atoms with Gasteiger partial charge in [-0.05, 0) is 79.9 Å². The Bertz CT molecular complexity index is 1780. The van der Waals surface area contributed by atoms with Crippen LogP contribution in [0.25, 0.3) is 33.3 Å². The number of hydrogen-bond acceptors (Lipinski definition) is 5. The van der Waals surface area contributed by atoms with Crippen molar-refractivity contribution in [2.75, 3.05) is 6.54 Å². The molecule has 3 heterocycles. The first kappa shape index (κ1) is 26.5. The topological polar surface area (TPSA) is 80.0 Å². The number of aromatic nitrogens is 3. The van der Waals surface area contributed by atoms with E-state index >= 15 is 0 Å². The van der Waals surface area contributed by atoms with Crippen LogP contribution in [0.2, 0.25) is 5.02 Å². The van der Waals surface area contributed by atoms with Gasteiger partial charge in [-0.3, -0.25) is 10.3 Å². The van der Waals surface area contributed by atoms with Gasteiger partial charge >= 0.3 is 5.97 Å². The van der Waals surface area contributed by atoms with Crippen molar-refractivity contribution in [1.29, 1.82) is 0 Å². The van der Waals surface area contributed by atoms with Crippen LogP contribution in [0.5, 0.6) is 0 Å². The number of nitrogens with zero attached hydrogens (tertiary/aromatic N) is 3.